The van der Waals surface area contributed by atoms with Crippen molar-refractivity contribution in [2.24, 2.45) is 11.3 Å². The second-order valence-electron chi connectivity index (χ2n) is 2.81. The van der Waals surface area contributed by atoms with E-state index in [1.165, 1.54) is 0 Å². The Bertz CT molecular complexity index is 105. The van der Waals surface area contributed by atoms with Crippen LogP contribution < -0.4 is 0 Å². The van der Waals surface area contributed by atoms with Crippen LogP contribution in [-0.2, 0) is 4.79 Å². The van der Waals surface area contributed by atoms with Gasteiger partial charge in [0.25, 0.3) is 0 Å². The molecule has 0 aromatic carbocycles. The van der Waals surface area contributed by atoms with Crippen LogP contribution in [0.25, 0.3) is 0 Å². The van der Waals surface area contributed by atoms with Gasteiger partial charge in [0.05, 0.1) is 0 Å². The molecule has 1 rings (SSSR count). The highest BCUT2D eigenvalue weighted by Crippen LogP contribution is 2.52. The number of carbonyl (C=O) groups is 1. The molecule has 1 fully saturated rings. The van der Waals surface area contributed by atoms with E-state index in [2.05, 4.69) is 13.8 Å². The third kappa shape index (κ3) is 0.575. The molecule has 8 heavy (non-hydrogen) atoms. The average molecular weight is 112 g/mol. The Kier molecular flexibility index (Phi) is 1.14. The Morgan fingerprint density at radius 3 is 2.38 bits per heavy atom. The molecule has 1 saturated carbocycles. The van der Waals surface area contributed by atoms with Crippen molar-refractivity contribution in [1.82, 2.24) is 0 Å². The quantitative estimate of drug-likeness (QED) is 0.496. The molecule has 46 valence electrons. The summed E-state index contributed by atoms with van der Waals surface area (Å²) in [5.74, 6) is 0.657. The average Bonchev–Trinajstić information content (AvgIpc) is 2.43. The second kappa shape index (κ2) is 1.57. The first-order valence-electron chi connectivity index (χ1n) is 3.21. The van der Waals surface area contributed by atoms with Crippen LogP contribution in [0.3, 0.4) is 0 Å². The van der Waals surface area contributed by atoms with Crippen molar-refractivity contribution in [3.8, 4) is 0 Å². The molecule has 1 heteroatoms. The summed E-state index contributed by atoms with van der Waals surface area (Å²) in [4.78, 5) is 10.3. The molecule has 1 aliphatic carbocycles. The van der Waals surface area contributed by atoms with Gasteiger partial charge in [0.15, 0.2) is 0 Å². The Hall–Kier alpha value is -0.330. The van der Waals surface area contributed by atoms with Gasteiger partial charge in [0.1, 0.15) is 6.29 Å². The van der Waals surface area contributed by atoms with Crippen LogP contribution in [0, 0.1) is 11.3 Å². The van der Waals surface area contributed by atoms with Crippen LogP contribution in [0.2, 0.25) is 0 Å². The van der Waals surface area contributed by atoms with Crippen molar-refractivity contribution in [3.05, 3.63) is 0 Å². The zero-order valence-corrected chi connectivity index (χ0v) is 5.48. The molecule has 0 aromatic heterocycles. The molecule has 0 bridgehead atoms. The highest BCUT2D eigenvalue weighted by atomic mass is 16.1. The van der Waals surface area contributed by atoms with E-state index in [1.807, 2.05) is 0 Å². The monoisotopic (exact) mass is 112 g/mol. The van der Waals surface area contributed by atoms with Crippen molar-refractivity contribution in [2.75, 3.05) is 0 Å². The van der Waals surface area contributed by atoms with E-state index < -0.39 is 0 Å². The summed E-state index contributed by atoms with van der Waals surface area (Å²) in [6.45, 7) is 4.22. The summed E-state index contributed by atoms with van der Waals surface area (Å²) in [7, 11) is 0. The van der Waals surface area contributed by atoms with Crippen molar-refractivity contribution in [2.45, 2.75) is 26.7 Å². The molecule has 0 saturated heterocycles. The minimum Gasteiger partial charge on any atom is -0.303 e. The second-order valence-corrected chi connectivity index (χ2v) is 2.81. The van der Waals surface area contributed by atoms with Gasteiger partial charge in [-0.2, -0.15) is 0 Å². The zero-order chi connectivity index (χ0) is 6.20. The summed E-state index contributed by atoms with van der Waals surface area (Å²) in [5.41, 5.74) is 0.111. The first-order chi connectivity index (χ1) is 3.75. The maximum Gasteiger partial charge on any atom is 0.126 e. The van der Waals surface area contributed by atoms with Crippen LogP contribution in [0.5, 0.6) is 0 Å². The molecule has 2 unspecified atom stereocenters. The van der Waals surface area contributed by atoms with E-state index in [0.717, 1.165) is 19.1 Å². The predicted octanol–water partition coefficient (Wildman–Crippen LogP) is 1.62. The normalized spacial score (nSPS) is 44.0. The molecule has 1 aliphatic rings. The minimum atomic E-state index is 0.111. The van der Waals surface area contributed by atoms with Gasteiger partial charge in [0.2, 0.25) is 0 Å². The molecule has 2 atom stereocenters. The molecule has 0 aliphatic heterocycles. The Balaban J connectivity index is 2.51. The zero-order valence-electron chi connectivity index (χ0n) is 5.48. The molecule has 0 N–H and O–H groups in total. The fraction of sp³-hybridized carbons (Fsp3) is 0.857. The lowest BCUT2D eigenvalue weighted by Crippen LogP contribution is -2.01. The molecule has 0 aromatic rings. The fourth-order valence-corrected chi connectivity index (χ4v) is 1.25. The first kappa shape index (κ1) is 5.80. The van der Waals surface area contributed by atoms with Gasteiger partial charge in [-0.3, -0.25) is 0 Å². The molecule has 0 radical (unpaired) electrons. The smallest absolute Gasteiger partial charge is 0.126 e. The molecule has 0 heterocycles. The third-order valence-electron chi connectivity index (χ3n) is 2.40. The lowest BCUT2D eigenvalue weighted by atomic mass is 10.0. The maximum absolute atomic E-state index is 10.3. The van der Waals surface area contributed by atoms with Crippen LogP contribution in [0.15, 0.2) is 0 Å². The van der Waals surface area contributed by atoms with Gasteiger partial charge in [-0.1, -0.05) is 13.8 Å². The minimum absolute atomic E-state index is 0.111. The maximum atomic E-state index is 10.3. The topological polar surface area (TPSA) is 17.1 Å². The van der Waals surface area contributed by atoms with Crippen LogP contribution in [-0.4, -0.2) is 6.29 Å². The van der Waals surface area contributed by atoms with E-state index in [1.54, 1.807) is 0 Å². The van der Waals surface area contributed by atoms with Gasteiger partial charge in [-0.25, -0.2) is 0 Å². The van der Waals surface area contributed by atoms with E-state index in [0.29, 0.717) is 5.92 Å². The Morgan fingerprint density at radius 2 is 2.38 bits per heavy atom. The van der Waals surface area contributed by atoms with Crippen LogP contribution in [0.1, 0.15) is 26.7 Å². The van der Waals surface area contributed by atoms with Gasteiger partial charge in [-0.15, -0.1) is 0 Å². The predicted molar refractivity (Wildman–Crippen MR) is 32.6 cm³/mol. The van der Waals surface area contributed by atoms with E-state index in [4.69, 9.17) is 0 Å². The molecule has 1 nitrogen and oxygen atoms in total. The summed E-state index contributed by atoms with van der Waals surface area (Å²) >= 11 is 0. The largest absolute Gasteiger partial charge is 0.303 e. The standard InChI is InChI=1S/C7H12O/c1-3-7(5-8)4-6(7)2/h5-6H,3-4H2,1-2H3. The summed E-state index contributed by atoms with van der Waals surface area (Å²) in [5, 5.41) is 0. The highest BCUT2D eigenvalue weighted by Gasteiger charge is 2.49. The van der Waals surface area contributed by atoms with E-state index >= 15 is 0 Å². The van der Waals surface area contributed by atoms with Crippen molar-refractivity contribution in [3.63, 3.8) is 0 Å². The number of aldehydes is 1. The third-order valence-corrected chi connectivity index (χ3v) is 2.40. The molecular formula is C7H12O. The summed E-state index contributed by atoms with van der Waals surface area (Å²) in [6, 6.07) is 0. The lowest BCUT2D eigenvalue weighted by Gasteiger charge is -1.99. The van der Waals surface area contributed by atoms with Crippen molar-refractivity contribution < 1.29 is 4.79 Å². The molecule has 0 amide bonds. The van der Waals surface area contributed by atoms with Crippen LogP contribution >= 0.6 is 0 Å². The van der Waals surface area contributed by atoms with E-state index in [-0.39, 0.29) is 5.41 Å². The van der Waals surface area contributed by atoms with Crippen molar-refractivity contribution in [1.29, 1.82) is 0 Å². The fourth-order valence-electron chi connectivity index (χ4n) is 1.25. The first-order valence-corrected chi connectivity index (χ1v) is 3.21. The number of rotatable bonds is 2. The van der Waals surface area contributed by atoms with Gasteiger partial charge in [-0.05, 0) is 18.8 Å². The van der Waals surface area contributed by atoms with Crippen LogP contribution in [0.4, 0.5) is 0 Å². The van der Waals surface area contributed by atoms with Crippen molar-refractivity contribution >= 4 is 6.29 Å². The Labute approximate surface area is 50.1 Å². The number of hydrogen-bond acceptors (Lipinski definition) is 1. The van der Waals surface area contributed by atoms with Gasteiger partial charge >= 0.3 is 0 Å². The highest BCUT2D eigenvalue weighted by molar-refractivity contribution is 5.64. The number of hydrogen-bond donors (Lipinski definition) is 0. The number of carbonyl (C=O) groups excluding carboxylic acids is 1. The SMILES string of the molecule is CCC1(C=O)CC1C. The molecule has 0 spiro atoms. The van der Waals surface area contributed by atoms with Gasteiger partial charge < -0.3 is 4.79 Å². The summed E-state index contributed by atoms with van der Waals surface area (Å²) < 4.78 is 0. The van der Waals surface area contributed by atoms with E-state index in [9.17, 15) is 4.79 Å². The molecular weight excluding hydrogens is 100 g/mol. The van der Waals surface area contributed by atoms with Gasteiger partial charge in [0, 0.05) is 5.41 Å². The summed E-state index contributed by atoms with van der Waals surface area (Å²) in [6.07, 6.45) is 3.27. The lowest BCUT2D eigenvalue weighted by molar-refractivity contribution is -0.112. The Morgan fingerprint density at radius 1 is 1.88 bits per heavy atom.